The highest BCUT2D eigenvalue weighted by Gasteiger charge is 1.96. The van der Waals surface area contributed by atoms with Crippen molar-refractivity contribution in [2.24, 2.45) is 5.73 Å². The lowest BCUT2D eigenvalue weighted by atomic mass is 10.2. The van der Waals surface area contributed by atoms with Crippen molar-refractivity contribution in [3.05, 3.63) is 29.6 Å². The van der Waals surface area contributed by atoms with Crippen LogP contribution in [0.25, 0.3) is 0 Å². The van der Waals surface area contributed by atoms with Crippen molar-refractivity contribution >= 4 is 0 Å². The average Bonchev–Trinajstić information content (AvgIpc) is 2.26. The third kappa shape index (κ3) is 4.88. The molecule has 15 heavy (non-hydrogen) atoms. The van der Waals surface area contributed by atoms with E-state index < -0.39 is 0 Å². The van der Waals surface area contributed by atoms with E-state index in [4.69, 9.17) is 5.73 Å². The zero-order valence-corrected chi connectivity index (χ0v) is 9.29. The largest absolute Gasteiger partial charge is 0.330 e. The highest BCUT2D eigenvalue weighted by molar-refractivity contribution is 5.16. The Morgan fingerprint density at radius 2 is 2.27 bits per heavy atom. The van der Waals surface area contributed by atoms with Crippen molar-refractivity contribution in [3.63, 3.8) is 0 Å². The average molecular weight is 208 g/mol. The van der Waals surface area contributed by atoms with Crippen molar-refractivity contribution in [2.75, 3.05) is 20.1 Å². The lowest BCUT2D eigenvalue weighted by Crippen LogP contribution is -2.18. The van der Waals surface area contributed by atoms with Gasteiger partial charge in [-0.15, -0.1) is 0 Å². The molecule has 4 heteroatoms. The second-order valence-electron chi connectivity index (χ2n) is 3.50. The van der Waals surface area contributed by atoms with E-state index in [0.717, 1.165) is 38.3 Å². The van der Waals surface area contributed by atoms with Crippen LogP contribution in [0.4, 0.5) is 0 Å². The number of nitrogens with zero attached hydrogens (tertiary/aromatic N) is 1. The molecule has 0 aliphatic heterocycles. The molecule has 0 fully saturated rings. The summed E-state index contributed by atoms with van der Waals surface area (Å²) >= 11 is 0. The van der Waals surface area contributed by atoms with E-state index in [9.17, 15) is 0 Å². The summed E-state index contributed by atoms with van der Waals surface area (Å²) in [4.78, 5) is 4.30. The van der Waals surface area contributed by atoms with Crippen molar-refractivity contribution in [3.8, 4) is 0 Å². The Labute approximate surface area is 91.3 Å². The molecule has 1 heterocycles. The summed E-state index contributed by atoms with van der Waals surface area (Å²) < 4.78 is 0. The molecule has 0 bridgehead atoms. The molecule has 0 aromatic carbocycles. The summed E-state index contributed by atoms with van der Waals surface area (Å²) in [5.41, 5.74) is 7.76. The van der Waals surface area contributed by atoms with Gasteiger partial charge in [0.2, 0.25) is 0 Å². The Balaban J connectivity index is 2.36. The molecule has 4 N–H and O–H groups in total. The van der Waals surface area contributed by atoms with Gasteiger partial charge in [0.15, 0.2) is 0 Å². The molecule has 0 aliphatic rings. The molecule has 4 nitrogen and oxygen atoms in total. The quantitative estimate of drug-likeness (QED) is 0.562. The first-order valence-corrected chi connectivity index (χ1v) is 5.36. The molecular weight excluding hydrogens is 188 g/mol. The SMILES string of the molecule is CNCc1ccnc(CNCCCN)c1. The number of pyridine rings is 1. The molecule has 0 unspecified atom stereocenters. The highest BCUT2D eigenvalue weighted by Crippen LogP contribution is 2.01. The van der Waals surface area contributed by atoms with Crippen LogP contribution in [-0.2, 0) is 13.1 Å². The van der Waals surface area contributed by atoms with Crippen LogP contribution in [0.15, 0.2) is 18.3 Å². The molecule has 0 amide bonds. The van der Waals surface area contributed by atoms with E-state index >= 15 is 0 Å². The summed E-state index contributed by atoms with van der Waals surface area (Å²) in [6.45, 7) is 3.39. The van der Waals surface area contributed by atoms with Crippen molar-refractivity contribution in [1.82, 2.24) is 15.6 Å². The fourth-order valence-corrected chi connectivity index (χ4v) is 1.38. The molecule has 0 aliphatic carbocycles. The lowest BCUT2D eigenvalue weighted by Gasteiger charge is -2.05. The standard InChI is InChI=1S/C11H20N4/c1-13-8-10-3-6-15-11(7-10)9-14-5-2-4-12/h3,6-7,13-14H,2,4-5,8-9,12H2,1H3. The van der Waals surface area contributed by atoms with Crippen molar-refractivity contribution in [1.29, 1.82) is 0 Å². The molecular formula is C11H20N4. The molecule has 0 atom stereocenters. The van der Waals surface area contributed by atoms with E-state index in [0.29, 0.717) is 0 Å². The minimum atomic E-state index is 0.736. The van der Waals surface area contributed by atoms with Crippen LogP contribution in [-0.4, -0.2) is 25.1 Å². The summed E-state index contributed by atoms with van der Waals surface area (Å²) in [5, 5.41) is 6.43. The first kappa shape index (κ1) is 12.1. The number of aromatic nitrogens is 1. The second-order valence-corrected chi connectivity index (χ2v) is 3.50. The van der Waals surface area contributed by atoms with Gasteiger partial charge in [-0.05, 0) is 44.3 Å². The third-order valence-corrected chi connectivity index (χ3v) is 2.13. The predicted octanol–water partition coefficient (Wildman–Crippen LogP) is 0.239. The predicted molar refractivity (Wildman–Crippen MR) is 62.4 cm³/mol. The maximum absolute atomic E-state index is 5.41. The van der Waals surface area contributed by atoms with Gasteiger partial charge in [-0.25, -0.2) is 0 Å². The monoisotopic (exact) mass is 208 g/mol. The van der Waals surface area contributed by atoms with Gasteiger partial charge in [-0.1, -0.05) is 0 Å². The summed E-state index contributed by atoms with van der Waals surface area (Å²) in [6, 6.07) is 4.14. The van der Waals surface area contributed by atoms with Gasteiger partial charge in [0, 0.05) is 19.3 Å². The fraction of sp³-hybridized carbons (Fsp3) is 0.545. The molecule has 1 aromatic rings. The summed E-state index contributed by atoms with van der Waals surface area (Å²) in [7, 11) is 1.94. The van der Waals surface area contributed by atoms with Crippen molar-refractivity contribution in [2.45, 2.75) is 19.5 Å². The topological polar surface area (TPSA) is 63.0 Å². The van der Waals surface area contributed by atoms with Crippen LogP contribution < -0.4 is 16.4 Å². The van der Waals surface area contributed by atoms with Crippen LogP contribution in [0.2, 0.25) is 0 Å². The van der Waals surface area contributed by atoms with Gasteiger partial charge in [-0.2, -0.15) is 0 Å². The van der Waals surface area contributed by atoms with E-state index in [1.54, 1.807) is 0 Å². The highest BCUT2D eigenvalue weighted by atomic mass is 14.9. The number of hydrogen-bond acceptors (Lipinski definition) is 4. The number of nitrogens with one attached hydrogen (secondary N) is 2. The zero-order valence-electron chi connectivity index (χ0n) is 9.29. The summed E-state index contributed by atoms with van der Waals surface area (Å²) in [5.74, 6) is 0. The van der Waals surface area contributed by atoms with E-state index in [1.807, 2.05) is 19.3 Å². The normalized spacial score (nSPS) is 10.5. The number of rotatable bonds is 7. The van der Waals surface area contributed by atoms with Crippen molar-refractivity contribution < 1.29 is 0 Å². The number of nitrogens with two attached hydrogens (primary N) is 1. The van der Waals surface area contributed by atoms with Crippen LogP contribution in [0.1, 0.15) is 17.7 Å². The maximum atomic E-state index is 5.41. The smallest absolute Gasteiger partial charge is 0.0544 e. The molecule has 84 valence electrons. The Hall–Kier alpha value is -0.970. The van der Waals surface area contributed by atoms with Crippen LogP contribution >= 0.6 is 0 Å². The van der Waals surface area contributed by atoms with Crippen LogP contribution in [0, 0.1) is 0 Å². The molecule has 1 aromatic heterocycles. The Morgan fingerprint density at radius 1 is 1.40 bits per heavy atom. The number of hydrogen-bond donors (Lipinski definition) is 3. The summed E-state index contributed by atoms with van der Waals surface area (Å²) in [6.07, 6.45) is 2.86. The van der Waals surface area contributed by atoms with E-state index in [1.165, 1.54) is 5.56 Å². The van der Waals surface area contributed by atoms with Gasteiger partial charge >= 0.3 is 0 Å². The molecule has 0 radical (unpaired) electrons. The molecule has 0 saturated heterocycles. The third-order valence-electron chi connectivity index (χ3n) is 2.13. The Morgan fingerprint density at radius 3 is 3.00 bits per heavy atom. The van der Waals surface area contributed by atoms with E-state index in [-0.39, 0.29) is 0 Å². The van der Waals surface area contributed by atoms with Gasteiger partial charge < -0.3 is 16.4 Å². The maximum Gasteiger partial charge on any atom is 0.0544 e. The molecule has 1 rings (SSSR count). The van der Waals surface area contributed by atoms with Gasteiger partial charge in [0.1, 0.15) is 0 Å². The van der Waals surface area contributed by atoms with Gasteiger partial charge in [-0.3, -0.25) is 4.98 Å². The van der Waals surface area contributed by atoms with Crippen LogP contribution in [0.5, 0.6) is 0 Å². The van der Waals surface area contributed by atoms with Gasteiger partial charge in [0.25, 0.3) is 0 Å². The zero-order chi connectivity index (χ0) is 10.9. The van der Waals surface area contributed by atoms with Crippen LogP contribution in [0.3, 0.4) is 0 Å². The molecule has 0 spiro atoms. The minimum Gasteiger partial charge on any atom is -0.330 e. The fourth-order valence-electron chi connectivity index (χ4n) is 1.38. The second kappa shape index (κ2) is 7.34. The molecule has 0 saturated carbocycles. The first-order chi connectivity index (χ1) is 7.36. The lowest BCUT2D eigenvalue weighted by molar-refractivity contribution is 0.645. The minimum absolute atomic E-state index is 0.736. The Bertz CT molecular complexity index is 275. The van der Waals surface area contributed by atoms with Gasteiger partial charge in [0.05, 0.1) is 5.69 Å². The first-order valence-electron chi connectivity index (χ1n) is 5.36. The Kier molecular flexibility index (Phi) is 5.92. The van der Waals surface area contributed by atoms with E-state index in [2.05, 4.69) is 21.7 Å².